The molecule has 0 bridgehead atoms. The highest BCUT2D eigenvalue weighted by molar-refractivity contribution is 9.10. The fourth-order valence-electron chi connectivity index (χ4n) is 1.79. The smallest absolute Gasteiger partial charge is 0.133 e. The minimum Gasteiger partial charge on any atom is -0.492 e. The van der Waals surface area contributed by atoms with E-state index in [9.17, 15) is 0 Å². The van der Waals surface area contributed by atoms with E-state index in [0.29, 0.717) is 0 Å². The van der Waals surface area contributed by atoms with Gasteiger partial charge in [-0.05, 0) is 66.6 Å². The first-order valence-corrected chi connectivity index (χ1v) is 6.94. The maximum absolute atomic E-state index is 6.06. The maximum atomic E-state index is 6.06. The monoisotopic (exact) mass is 297 g/mol. The Morgan fingerprint density at radius 3 is 2.71 bits per heavy atom. The molecule has 0 aliphatic heterocycles. The lowest BCUT2D eigenvalue weighted by Crippen LogP contribution is -2.34. The molecule has 1 aliphatic carbocycles. The van der Waals surface area contributed by atoms with Crippen molar-refractivity contribution in [2.24, 2.45) is 11.7 Å². The molecule has 0 radical (unpaired) electrons. The summed E-state index contributed by atoms with van der Waals surface area (Å²) in [6.07, 6.45) is 3.47. The molecule has 0 amide bonds. The molecule has 0 unspecified atom stereocenters. The van der Waals surface area contributed by atoms with Gasteiger partial charge in [0, 0.05) is 5.54 Å². The Morgan fingerprint density at radius 1 is 1.41 bits per heavy atom. The Morgan fingerprint density at radius 2 is 2.12 bits per heavy atom. The Kier molecular flexibility index (Phi) is 3.79. The molecule has 0 heterocycles. The van der Waals surface area contributed by atoms with Crippen molar-refractivity contribution >= 4 is 15.9 Å². The van der Waals surface area contributed by atoms with Crippen LogP contribution in [0.15, 0.2) is 22.7 Å². The van der Waals surface area contributed by atoms with E-state index in [2.05, 4.69) is 22.0 Å². The van der Waals surface area contributed by atoms with Crippen molar-refractivity contribution in [2.75, 3.05) is 6.61 Å². The van der Waals surface area contributed by atoms with E-state index >= 15 is 0 Å². The van der Waals surface area contributed by atoms with Gasteiger partial charge in [0.15, 0.2) is 0 Å². The van der Waals surface area contributed by atoms with E-state index in [1.807, 2.05) is 26.0 Å². The van der Waals surface area contributed by atoms with Crippen LogP contribution in [-0.2, 0) is 6.42 Å². The van der Waals surface area contributed by atoms with Crippen LogP contribution in [0.1, 0.15) is 32.3 Å². The van der Waals surface area contributed by atoms with Crippen LogP contribution in [0.4, 0.5) is 0 Å². The summed E-state index contributed by atoms with van der Waals surface area (Å²) in [5.74, 6) is 1.72. The summed E-state index contributed by atoms with van der Waals surface area (Å²) in [6, 6.07) is 6.15. The van der Waals surface area contributed by atoms with Crippen LogP contribution in [-0.4, -0.2) is 12.1 Å². The molecule has 2 N–H and O–H groups in total. The zero-order chi connectivity index (χ0) is 12.5. The SMILES string of the molecule is CC(C)(N)Cc1cccc(OCC2CC2)c1Br. The van der Waals surface area contributed by atoms with Gasteiger partial charge in [-0.3, -0.25) is 0 Å². The van der Waals surface area contributed by atoms with Crippen LogP contribution in [0.25, 0.3) is 0 Å². The first-order valence-electron chi connectivity index (χ1n) is 6.15. The van der Waals surface area contributed by atoms with Gasteiger partial charge in [0.05, 0.1) is 11.1 Å². The summed E-state index contributed by atoms with van der Waals surface area (Å²) >= 11 is 3.62. The number of benzene rings is 1. The maximum Gasteiger partial charge on any atom is 0.133 e. The molecule has 1 saturated carbocycles. The normalized spacial score (nSPS) is 16.0. The van der Waals surface area contributed by atoms with Crippen LogP contribution in [0.2, 0.25) is 0 Å². The lowest BCUT2D eigenvalue weighted by Gasteiger charge is -2.20. The van der Waals surface area contributed by atoms with Gasteiger partial charge in [-0.15, -0.1) is 0 Å². The first kappa shape index (κ1) is 12.9. The van der Waals surface area contributed by atoms with Crippen molar-refractivity contribution in [1.29, 1.82) is 0 Å². The first-order chi connectivity index (χ1) is 7.96. The van der Waals surface area contributed by atoms with Crippen molar-refractivity contribution < 1.29 is 4.74 Å². The van der Waals surface area contributed by atoms with Crippen molar-refractivity contribution in [3.63, 3.8) is 0 Å². The molecule has 3 heteroatoms. The van der Waals surface area contributed by atoms with Gasteiger partial charge in [0.25, 0.3) is 0 Å². The second kappa shape index (κ2) is 4.99. The topological polar surface area (TPSA) is 35.2 Å². The third-order valence-electron chi connectivity index (χ3n) is 2.86. The molecular weight excluding hydrogens is 278 g/mol. The number of rotatable bonds is 5. The zero-order valence-electron chi connectivity index (χ0n) is 10.5. The van der Waals surface area contributed by atoms with Gasteiger partial charge in [-0.1, -0.05) is 12.1 Å². The predicted molar refractivity (Wildman–Crippen MR) is 74.3 cm³/mol. The standard InChI is InChI=1S/C14H20BrNO/c1-14(2,16)8-11-4-3-5-12(13(11)15)17-9-10-6-7-10/h3-5,10H,6-9,16H2,1-2H3. The van der Waals surface area contributed by atoms with Gasteiger partial charge in [-0.25, -0.2) is 0 Å². The molecule has 0 spiro atoms. The Bertz CT molecular complexity index is 394. The fourth-order valence-corrected chi connectivity index (χ4v) is 2.31. The minimum absolute atomic E-state index is 0.197. The van der Waals surface area contributed by atoms with Crippen LogP contribution >= 0.6 is 15.9 Å². The van der Waals surface area contributed by atoms with E-state index in [1.165, 1.54) is 18.4 Å². The van der Waals surface area contributed by atoms with Crippen molar-refractivity contribution in [1.82, 2.24) is 0 Å². The Balaban J connectivity index is 2.08. The average Bonchev–Trinajstić information content (AvgIpc) is 3.01. The largest absolute Gasteiger partial charge is 0.492 e. The molecule has 2 rings (SSSR count). The van der Waals surface area contributed by atoms with Crippen molar-refractivity contribution in [3.8, 4) is 5.75 Å². The molecule has 17 heavy (non-hydrogen) atoms. The summed E-state index contributed by atoms with van der Waals surface area (Å²) in [5, 5.41) is 0. The van der Waals surface area contributed by atoms with Gasteiger partial charge >= 0.3 is 0 Å². The highest BCUT2D eigenvalue weighted by Crippen LogP contribution is 2.34. The molecule has 1 aromatic rings. The highest BCUT2D eigenvalue weighted by atomic mass is 79.9. The van der Waals surface area contributed by atoms with E-state index < -0.39 is 0 Å². The molecule has 2 nitrogen and oxygen atoms in total. The molecular formula is C14H20BrNO. The number of halogens is 1. The lowest BCUT2D eigenvalue weighted by molar-refractivity contribution is 0.297. The van der Waals surface area contributed by atoms with E-state index in [0.717, 1.165) is 29.2 Å². The summed E-state index contributed by atoms with van der Waals surface area (Å²) in [5.41, 5.74) is 7.07. The molecule has 1 aliphatic rings. The molecule has 0 saturated heterocycles. The van der Waals surface area contributed by atoms with Crippen molar-refractivity contribution in [2.45, 2.75) is 38.6 Å². The average molecular weight is 298 g/mol. The number of ether oxygens (including phenoxy) is 1. The second-order valence-electron chi connectivity index (χ2n) is 5.65. The number of hydrogen-bond donors (Lipinski definition) is 1. The van der Waals surface area contributed by atoms with Gasteiger partial charge in [0.2, 0.25) is 0 Å². The predicted octanol–water partition coefficient (Wildman–Crippen LogP) is 3.52. The summed E-state index contributed by atoms with van der Waals surface area (Å²) < 4.78 is 6.88. The second-order valence-corrected chi connectivity index (χ2v) is 6.44. The van der Waals surface area contributed by atoms with E-state index in [1.54, 1.807) is 0 Å². The van der Waals surface area contributed by atoms with Crippen LogP contribution in [0, 0.1) is 5.92 Å². The third-order valence-corrected chi connectivity index (χ3v) is 3.76. The van der Waals surface area contributed by atoms with Gasteiger partial charge in [-0.2, -0.15) is 0 Å². The molecule has 94 valence electrons. The van der Waals surface area contributed by atoms with Crippen LogP contribution in [0.3, 0.4) is 0 Å². The third kappa shape index (κ3) is 4.00. The minimum atomic E-state index is -0.197. The summed E-state index contributed by atoms with van der Waals surface area (Å²) in [7, 11) is 0. The van der Waals surface area contributed by atoms with Gasteiger partial charge < -0.3 is 10.5 Å². The van der Waals surface area contributed by atoms with E-state index in [-0.39, 0.29) is 5.54 Å². The van der Waals surface area contributed by atoms with Gasteiger partial charge in [0.1, 0.15) is 5.75 Å². The Labute approximate surface area is 112 Å². The zero-order valence-corrected chi connectivity index (χ0v) is 12.1. The summed E-state index contributed by atoms with van der Waals surface area (Å²) in [4.78, 5) is 0. The molecule has 0 aromatic heterocycles. The number of nitrogens with two attached hydrogens (primary N) is 1. The number of hydrogen-bond acceptors (Lipinski definition) is 2. The Hall–Kier alpha value is -0.540. The van der Waals surface area contributed by atoms with Crippen LogP contribution in [0.5, 0.6) is 5.75 Å². The molecule has 0 atom stereocenters. The fraction of sp³-hybridized carbons (Fsp3) is 0.571. The molecule has 1 aromatic carbocycles. The molecule has 1 fully saturated rings. The van der Waals surface area contributed by atoms with E-state index in [4.69, 9.17) is 10.5 Å². The lowest BCUT2D eigenvalue weighted by atomic mass is 9.96. The van der Waals surface area contributed by atoms with Crippen LogP contribution < -0.4 is 10.5 Å². The highest BCUT2D eigenvalue weighted by Gasteiger charge is 2.22. The quantitative estimate of drug-likeness (QED) is 0.902. The summed E-state index contributed by atoms with van der Waals surface area (Å²) in [6.45, 7) is 4.92. The van der Waals surface area contributed by atoms with Crippen molar-refractivity contribution in [3.05, 3.63) is 28.2 Å².